The quantitative estimate of drug-likeness (QED) is 0.510. The van der Waals surface area contributed by atoms with Gasteiger partial charge in [0.15, 0.2) is 0 Å². The minimum absolute atomic E-state index is 0.136. The molecule has 2 rings (SSSR count). The topological polar surface area (TPSA) is 103 Å². The lowest BCUT2D eigenvalue weighted by Crippen LogP contribution is -2.59. The predicted octanol–water partition coefficient (Wildman–Crippen LogP) is -1.96. The number of hydroxylamine groups is 1. The molecule has 90 valence electrons. The van der Waals surface area contributed by atoms with Crippen molar-refractivity contribution in [3.05, 3.63) is 0 Å². The van der Waals surface area contributed by atoms with E-state index in [-0.39, 0.29) is 18.4 Å². The summed E-state index contributed by atoms with van der Waals surface area (Å²) in [5, 5.41) is 2.58. The van der Waals surface area contributed by atoms with E-state index in [1.807, 2.05) is 0 Å². The summed E-state index contributed by atoms with van der Waals surface area (Å²) < 4.78 is 5.14. The fourth-order valence-corrected chi connectivity index (χ4v) is 1.71. The Labute approximate surface area is 92.6 Å². The van der Waals surface area contributed by atoms with E-state index in [0.717, 1.165) is 0 Å². The largest absolute Gasteiger partial charge is 0.381 e. The van der Waals surface area contributed by atoms with E-state index in [4.69, 9.17) is 15.3 Å². The van der Waals surface area contributed by atoms with E-state index >= 15 is 0 Å². The SMILES string of the molecule is NC1(C(=O)N[C@@H]2CONC2=O)CCOCC1. The molecule has 0 unspecified atom stereocenters. The van der Waals surface area contributed by atoms with Crippen LogP contribution in [0.15, 0.2) is 0 Å². The molecular formula is C9H15N3O4. The van der Waals surface area contributed by atoms with Gasteiger partial charge >= 0.3 is 0 Å². The summed E-state index contributed by atoms with van der Waals surface area (Å²) in [7, 11) is 0. The smallest absolute Gasteiger partial charge is 0.268 e. The van der Waals surface area contributed by atoms with Crippen molar-refractivity contribution in [1.82, 2.24) is 10.8 Å². The van der Waals surface area contributed by atoms with E-state index in [1.165, 1.54) is 0 Å². The van der Waals surface area contributed by atoms with E-state index in [2.05, 4.69) is 10.8 Å². The molecule has 1 atom stereocenters. The molecule has 0 spiro atoms. The molecule has 2 aliphatic rings. The van der Waals surface area contributed by atoms with Gasteiger partial charge in [0.05, 0.1) is 5.54 Å². The second-order valence-corrected chi connectivity index (χ2v) is 4.07. The lowest BCUT2D eigenvalue weighted by atomic mass is 9.90. The van der Waals surface area contributed by atoms with Crippen molar-refractivity contribution in [3.8, 4) is 0 Å². The van der Waals surface area contributed by atoms with Crippen LogP contribution in [0.1, 0.15) is 12.8 Å². The number of rotatable bonds is 2. The van der Waals surface area contributed by atoms with Crippen LogP contribution in [0.5, 0.6) is 0 Å². The van der Waals surface area contributed by atoms with Crippen LogP contribution in [-0.4, -0.2) is 43.2 Å². The first-order valence-electron chi connectivity index (χ1n) is 5.21. The molecule has 0 aliphatic carbocycles. The molecule has 2 amide bonds. The molecule has 7 heteroatoms. The Balaban J connectivity index is 1.93. The number of hydrogen-bond donors (Lipinski definition) is 3. The minimum atomic E-state index is -0.929. The molecule has 2 saturated heterocycles. The number of carbonyl (C=O) groups excluding carboxylic acids is 2. The highest BCUT2D eigenvalue weighted by molar-refractivity contribution is 5.92. The van der Waals surface area contributed by atoms with Crippen LogP contribution < -0.4 is 16.5 Å². The molecule has 2 heterocycles. The van der Waals surface area contributed by atoms with E-state index in [1.54, 1.807) is 0 Å². The number of nitrogens with one attached hydrogen (secondary N) is 2. The Kier molecular flexibility index (Phi) is 3.08. The van der Waals surface area contributed by atoms with Gasteiger partial charge in [0, 0.05) is 13.2 Å². The molecular weight excluding hydrogens is 214 g/mol. The Morgan fingerprint density at radius 1 is 1.50 bits per heavy atom. The second kappa shape index (κ2) is 4.36. The highest BCUT2D eigenvalue weighted by atomic mass is 16.7. The molecule has 0 radical (unpaired) electrons. The third kappa shape index (κ3) is 2.16. The zero-order chi connectivity index (χ0) is 11.6. The van der Waals surface area contributed by atoms with Gasteiger partial charge in [0.1, 0.15) is 12.6 Å². The van der Waals surface area contributed by atoms with E-state index in [0.29, 0.717) is 26.1 Å². The summed E-state index contributed by atoms with van der Waals surface area (Å²) in [6.45, 7) is 1.08. The lowest BCUT2D eigenvalue weighted by molar-refractivity contribution is -0.133. The van der Waals surface area contributed by atoms with Gasteiger partial charge in [-0.25, -0.2) is 5.48 Å². The Morgan fingerprint density at radius 2 is 2.19 bits per heavy atom. The number of nitrogens with two attached hydrogens (primary N) is 1. The average molecular weight is 229 g/mol. The van der Waals surface area contributed by atoms with Crippen LogP contribution in [0.25, 0.3) is 0 Å². The number of carbonyl (C=O) groups is 2. The molecule has 4 N–H and O–H groups in total. The maximum absolute atomic E-state index is 11.9. The minimum Gasteiger partial charge on any atom is -0.381 e. The molecule has 2 aliphatic heterocycles. The molecule has 0 aromatic heterocycles. The molecule has 0 aromatic rings. The summed E-state index contributed by atoms with van der Waals surface area (Å²) in [5.41, 5.74) is 7.20. The van der Waals surface area contributed by atoms with Gasteiger partial charge in [-0.2, -0.15) is 0 Å². The van der Waals surface area contributed by atoms with Gasteiger partial charge in [-0.15, -0.1) is 0 Å². The monoisotopic (exact) mass is 229 g/mol. The Hall–Kier alpha value is -1.18. The zero-order valence-electron chi connectivity index (χ0n) is 8.82. The van der Waals surface area contributed by atoms with E-state index in [9.17, 15) is 9.59 Å². The fraction of sp³-hybridized carbons (Fsp3) is 0.778. The standard InChI is InChI=1S/C9H15N3O4/c10-9(1-3-15-4-2-9)8(14)11-6-5-16-12-7(6)13/h6H,1-5,10H2,(H,11,14)(H,12,13)/t6-/m1/s1. The van der Waals surface area contributed by atoms with Gasteiger partial charge in [-0.3, -0.25) is 14.4 Å². The first-order chi connectivity index (χ1) is 7.62. The Bertz CT molecular complexity index is 301. The van der Waals surface area contributed by atoms with E-state index < -0.39 is 11.6 Å². The summed E-state index contributed by atoms with van der Waals surface area (Å²) in [6.07, 6.45) is 0.933. The van der Waals surface area contributed by atoms with Crippen molar-refractivity contribution in [2.45, 2.75) is 24.4 Å². The second-order valence-electron chi connectivity index (χ2n) is 4.07. The van der Waals surface area contributed by atoms with Crippen molar-refractivity contribution in [2.75, 3.05) is 19.8 Å². The van der Waals surface area contributed by atoms with Gasteiger partial charge < -0.3 is 15.8 Å². The van der Waals surface area contributed by atoms with Crippen LogP contribution in [-0.2, 0) is 19.2 Å². The van der Waals surface area contributed by atoms with Crippen LogP contribution >= 0.6 is 0 Å². The van der Waals surface area contributed by atoms with Gasteiger partial charge in [0.25, 0.3) is 5.91 Å². The molecule has 0 saturated carbocycles. The number of ether oxygens (including phenoxy) is 1. The maximum Gasteiger partial charge on any atom is 0.268 e. The molecule has 7 nitrogen and oxygen atoms in total. The zero-order valence-corrected chi connectivity index (χ0v) is 8.82. The number of hydrogen-bond acceptors (Lipinski definition) is 5. The lowest BCUT2D eigenvalue weighted by Gasteiger charge is -2.32. The van der Waals surface area contributed by atoms with Crippen molar-refractivity contribution in [2.24, 2.45) is 5.73 Å². The van der Waals surface area contributed by atoms with Crippen LogP contribution in [0, 0.1) is 0 Å². The maximum atomic E-state index is 11.9. The van der Waals surface area contributed by atoms with Crippen molar-refractivity contribution in [1.29, 1.82) is 0 Å². The molecule has 2 fully saturated rings. The molecule has 0 bridgehead atoms. The summed E-state index contributed by atoms with van der Waals surface area (Å²) in [5.74, 6) is -0.662. The highest BCUT2D eigenvalue weighted by Gasteiger charge is 2.38. The van der Waals surface area contributed by atoms with Crippen molar-refractivity contribution in [3.63, 3.8) is 0 Å². The van der Waals surface area contributed by atoms with Gasteiger partial charge in [-0.1, -0.05) is 0 Å². The first-order valence-corrected chi connectivity index (χ1v) is 5.21. The summed E-state index contributed by atoms with van der Waals surface area (Å²) in [4.78, 5) is 27.8. The van der Waals surface area contributed by atoms with Crippen LogP contribution in [0.4, 0.5) is 0 Å². The molecule has 16 heavy (non-hydrogen) atoms. The van der Waals surface area contributed by atoms with Crippen molar-refractivity contribution < 1.29 is 19.2 Å². The fourth-order valence-electron chi connectivity index (χ4n) is 1.71. The number of amides is 2. The average Bonchev–Trinajstić information content (AvgIpc) is 2.65. The van der Waals surface area contributed by atoms with Crippen LogP contribution in [0.3, 0.4) is 0 Å². The first kappa shape index (κ1) is 11.3. The summed E-state index contributed by atoms with van der Waals surface area (Å²) >= 11 is 0. The Morgan fingerprint density at radius 3 is 2.75 bits per heavy atom. The van der Waals surface area contributed by atoms with Crippen molar-refractivity contribution >= 4 is 11.8 Å². The van der Waals surface area contributed by atoms with Gasteiger partial charge in [0.2, 0.25) is 5.91 Å². The normalized spacial score (nSPS) is 28.6. The molecule has 0 aromatic carbocycles. The van der Waals surface area contributed by atoms with Gasteiger partial charge in [-0.05, 0) is 12.8 Å². The predicted molar refractivity (Wildman–Crippen MR) is 53.0 cm³/mol. The highest BCUT2D eigenvalue weighted by Crippen LogP contribution is 2.18. The summed E-state index contributed by atoms with van der Waals surface area (Å²) in [6, 6.07) is -0.643. The third-order valence-electron chi connectivity index (χ3n) is 2.88. The third-order valence-corrected chi connectivity index (χ3v) is 2.88. The van der Waals surface area contributed by atoms with Crippen LogP contribution in [0.2, 0.25) is 0 Å².